The van der Waals surface area contributed by atoms with Crippen LogP contribution in [0, 0.1) is 0 Å². The van der Waals surface area contributed by atoms with Gasteiger partial charge in [-0.25, -0.2) is 9.97 Å². The fourth-order valence-electron chi connectivity index (χ4n) is 4.04. The Bertz CT molecular complexity index is 1110. The first kappa shape index (κ1) is 17.8. The molecule has 29 heavy (non-hydrogen) atoms. The first-order valence-corrected chi connectivity index (χ1v) is 9.97. The Kier molecular flexibility index (Phi) is 4.66. The number of aromatic nitrogens is 3. The van der Waals surface area contributed by atoms with E-state index < -0.39 is 0 Å². The van der Waals surface area contributed by atoms with Crippen molar-refractivity contribution < 1.29 is 0 Å². The molecule has 0 radical (unpaired) electrons. The highest BCUT2D eigenvalue weighted by Crippen LogP contribution is 2.34. The summed E-state index contributed by atoms with van der Waals surface area (Å²) in [5.41, 5.74) is 3.21. The smallest absolute Gasteiger partial charge is 0.163 e. The fraction of sp³-hybridized carbons (Fsp3) is 0.208. The lowest BCUT2D eigenvalue weighted by molar-refractivity contribution is 0.268. The summed E-state index contributed by atoms with van der Waals surface area (Å²) in [7, 11) is 2.19. The molecule has 0 bridgehead atoms. The quantitative estimate of drug-likeness (QED) is 0.533. The monoisotopic (exact) mass is 381 g/mol. The molecule has 1 saturated heterocycles. The van der Waals surface area contributed by atoms with Crippen LogP contribution in [-0.2, 0) is 0 Å². The third kappa shape index (κ3) is 3.45. The van der Waals surface area contributed by atoms with E-state index in [1.807, 2.05) is 24.4 Å². The number of anilines is 1. The lowest BCUT2D eigenvalue weighted by atomic mass is 10.0. The second-order valence-electron chi connectivity index (χ2n) is 7.51. The van der Waals surface area contributed by atoms with Gasteiger partial charge in [-0.1, -0.05) is 42.5 Å². The van der Waals surface area contributed by atoms with Gasteiger partial charge >= 0.3 is 0 Å². The fourth-order valence-corrected chi connectivity index (χ4v) is 4.04. The van der Waals surface area contributed by atoms with Crippen molar-refractivity contribution in [3.05, 3.63) is 84.7 Å². The zero-order valence-corrected chi connectivity index (χ0v) is 16.4. The van der Waals surface area contributed by atoms with Crippen molar-refractivity contribution in [2.75, 3.05) is 31.6 Å². The molecule has 3 heterocycles. The molecule has 1 unspecified atom stereocenters. The van der Waals surface area contributed by atoms with E-state index >= 15 is 0 Å². The molecule has 144 valence electrons. The Morgan fingerprint density at radius 3 is 2.52 bits per heavy atom. The molecule has 5 rings (SSSR count). The Morgan fingerprint density at radius 2 is 1.69 bits per heavy atom. The average Bonchev–Trinajstić information content (AvgIpc) is 2.79. The molecule has 5 nitrogen and oxygen atoms in total. The van der Waals surface area contributed by atoms with Crippen molar-refractivity contribution >= 4 is 16.7 Å². The molecule has 1 aliphatic heterocycles. The summed E-state index contributed by atoms with van der Waals surface area (Å²) in [6, 6.07) is 23.2. The summed E-state index contributed by atoms with van der Waals surface area (Å²) in [5, 5.41) is 1.09. The molecule has 0 saturated carbocycles. The van der Waals surface area contributed by atoms with Crippen LogP contribution in [0.1, 0.15) is 11.6 Å². The summed E-state index contributed by atoms with van der Waals surface area (Å²) in [6.45, 7) is 2.89. The molecule has 0 spiro atoms. The van der Waals surface area contributed by atoms with Crippen LogP contribution in [0.25, 0.3) is 22.3 Å². The summed E-state index contributed by atoms with van der Waals surface area (Å²) in [6.07, 6.45) is 3.60. The van der Waals surface area contributed by atoms with E-state index in [1.54, 1.807) is 6.20 Å². The number of para-hydroxylation sites is 1. The van der Waals surface area contributed by atoms with Crippen LogP contribution in [0.4, 0.5) is 5.82 Å². The number of benzene rings is 2. The van der Waals surface area contributed by atoms with Crippen molar-refractivity contribution in [3.63, 3.8) is 0 Å². The number of fused-ring (bicyclic) bond motifs is 1. The molecule has 1 aliphatic rings. The molecule has 4 aromatic rings. The Hall–Kier alpha value is -3.31. The summed E-state index contributed by atoms with van der Waals surface area (Å²) >= 11 is 0. The van der Waals surface area contributed by atoms with Crippen molar-refractivity contribution in [1.82, 2.24) is 19.9 Å². The van der Waals surface area contributed by atoms with Gasteiger partial charge in [-0.05, 0) is 36.9 Å². The number of pyridine rings is 1. The van der Waals surface area contributed by atoms with Crippen LogP contribution >= 0.6 is 0 Å². The first-order chi connectivity index (χ1) is 14.3. The van der Waals surface area contributed by atoms with E-state index in [4.69, 9.17) is 9.97 Å². The van der Waals surface area contributed by atoms with Crippen LogP contribution in [0.2, 0.25) is 0 Å². The number of rotatable bonds is 3. The number of hydrogen-bond acceptors (Lipinski definition) is 5. The van der Waals surface area contributed by atoms with Crippen LogP contribution in [0.5, 0.6) is 0 Å². The lowest BCUT2D eigenvalue weighted by Gasteiger charge is -2.41. The molecule has 1 fully saturated rings. The predicted octanol–water partition coefficient (Wildman–Crippen LogP) is 4.18. The van der Waals surface area contributed by atoms with Gasteiger partial charge in [-0.15, -0.1) is 0 Å². The van der Waals surface area contributed by atoms with Crippen LogP contribution in [-0.4, -0.2) is 46.5 Å². The van der Waals surface area contributed by atoms with E-state index in [0.717, 1.165) is 47.7 Å². The predicted molar refractivity (Wildman–Crippen MR) is 117 cm³/mol. The highest BCUT2D eigenvalue weighted by Gasteiger charge is 2.29. The van der Waals surface area contributed by atoms with Crippen molar-refractivity contribution in [2.24, 2.45) is 0 Å². The third-order valence-corrected chi connectivity index (χ3v) is 5.54. The average molecular weight is 381 g/mol. The van der Waals surface area contributed by atoms with Gasteiger partial charge in [0, 0.05) is 43.0 Å². The van der Waals surface area contributed by atoms with Crippen molar-refractivity contribution in [3.8, 4) is 11.4 Å². The second-order valence-corrected chi connectivity index (χ2v) is 7.51. The number of piperazine rings is 1. The topological polar surface area (TPSA) is 45.2 Å². The number of nitrogens with zero attached hydrogens (tertiary/aromatic N) is 5. The van der Waals surface area contributed by atoms with Gasteiger partial charge < -0.3 is 9.80 Å². The SMILES string of the molecule is CN1CCN(c2nc(-c3cccnc3)nc3ccccc23)C(c2ccccc2)C1. The van der Waals surface area contributed by atoms with E-state index in [-0.39, 0.29) is 6.04 Å². The van der Waals surface area contributed by atoms with Crippen molar-refractivity contribution in [1.29, 1.82) is 0 Å². The van der Waals surface area contributed by atoms with Gasteiger partial charge in [0.2, 0.25) is 0 Å². The van der Waals surface area contributed by atoms with Gasteiger partial charge in [-0.3, -0.25) is 4.98 Å². The van der Waals surface area contributed by atoms with E-state index in [9.17, 15) is 0 Å². The Balaban J connectivity index is 1.68. The minimum atomic E-state index is 0.245. The van der Waals surface area contributed by atoms with Gasteiger partial charge in [0.15, 0.2) is 5.82 Å². The number of likely N-dealkylation sites (N-methyl/N-ethyl adjacent to an activating group) is 1. The highest BCUT2D eigenvalue weighted by atomic mass is 15.3. The maximum atomic E-state index is 5.05. The standard InChI is InChI=1S/C24H23N5/c1-28-14-15-29(22(17-28)18-8-3-2-4-9-18)24-20-11-5-6-12-21(20)26-23(27-24)19-10-7-13-25-16-19/h2-13,16,22H,14-15,17H2,1H3. The van der Waals surface area contributed by atoms with Crippen molar-refractivity contribution in [2.45, 2.75) is 6.04 Å². The van der Waals surface area contributed by atoms with E-state index in [1.165, 1.54) is 5.56 Å². The molecule has 0 amide bonds. The maximum Gasteiger partial charge on any atom is 0.163 e. The molecular formula is C24H23N5. The zero-order valence-electron chi connectivity index (χ0n) is 16.4. The minimum Gasteiger partial charge on any atom is -0.346 e. The second kappa shape index (κ2) is 7.60. The van der Waals surface area contributed by atoms with Crippen LogP contribution < -0.4 is 4.90 Å². The Labute approximate surface area is 170 Å². The summed E-state index contributed by atoms with van der Waals surface area (Å²) < 4.78 is 0. The molecule has 5 heteroatoms. The molecule has 0 N–H and O–H groups in total. The third-order valence-electron chi connectivity index (χ3n) is 5.54. The largest absolute Gasteiger partial charge is 0.346 e. The molecule has 0 aliphatic carbocycles. The van der Waals surface area contributed by atoms with Gasteiger partial charge in [-0.2, -0.15) is 0 Å². The number of hydrogen-bond donors (Lipinski definition) is 0. The van der Waals surface area contributed by atoms with Crippen LogP contribution in [0.15, 0.2) is 79.1 Å². The lowest BCUT2D eigenvalue weighted by Crippen LogP contribution is -2.47. The minimum absolute atomic E-state index is 0.245. The van der Waals surface area contributed by atoms with Gasteiger partial charge in [0.05, 0.1) is 11.6 Å². The molecule has 2 aromatic heterocycles. The van der Waals surface area contributed by atoms with Gasteiger partial charge in [0.25, 0.3) is 0 Å². The van der Waals surface area contributed by atoms with Gasteiger partial charge in [0.1, 0.15) is 5.82 Å². The maximum absolute atomic E-state index is 5.05. The summed E-state index contributed by atoms with van der Waals surface area (Å²) in [4.78, 5) is 19.0. The highest BCUT2D eigenvalue weighted by molar-refractivity contribution is 5.91. The van der Waals surface area contributed by atoms with E-state index in [0.29, 0.717) is 0 Å². The first-order valence-electron chi connectivity index (χ1n) is 9.97. The summed E-state index contributed by atoms with van der Waals surface area (Å²) in [5.74, 6) is 1.72. The zero-order chi connectivity index (χ0) is 19.6. The van der Waals surface area contributed by atoms with Crippen LogP contribution in [0.3, 0.4) is 0 Å². The normalized spacial score (nSPS) is 17.6. The molecular weight excluding hydrogens is 358 g/mol. The molecule has 1 atom stereocenters. The Morgan fingerprint density at radius 1 is 0.862 bits per heavy atom. The molecule has 2 aromatic carbocycles. The van der Waals surface area contributed by atoms with E-state index in [2.05, 4.69) is 70.4 Å².